The third-order valence-corrected chi connectivity index (χ3v) is 2.52. The molecular weight excluding hydrogens is 228 g/mol. The second-order valence-electron chi connectivity index (χ2n) is 3.57. The van der Waals surface area contributed by atoms with Crippen LogP contribution in [0.4, 0.5) is 0 Å². The zero-order valence-corrected chi connectivity index (χ0v) is 10.9. The van der Waals surface area contributed by atoms with E-state index in [1.807, 2.05) is 50.2 Å². The number of carbonyl (C=O) groups is 1. The third kappa shape index (κ3) is 3.23. The molecule has 0 fully saturated rings. The Hall–Kier alpha value is -2.03. The Bertz CT molecular complexity index is 532. The Morgan fingerprint density at radius 1 is 1.22 bits per heavy atom. The van der Waals surface area contributed by atoms with Crippen LogP contribution in [0.5, 0.6) is 5.75 Å². The van der Waals surface area contributed by atoms with Gasteiger partial charge in [0.05, 0.1) is 13.5 Å². The molecule has 0 radical (unpaired) electrons. The molecule has 2 aromatic carbocycles. The Kier molecular flexibility index (Phi) is 5.18. The van der Waals surface area contributed by atoms with E-state index >= 15 is 0 Å². The van der Waals surface area contributed by atoms with Crippen molar-refractivity contribution in [3.05, 3.63) is 42.0 Å². The van der Waals surface area contributed by atoms with Crippen LogP contribution in [-0.2, 0) is 11.2 Å². The molecule has 3 nitrogen and oxygen atoms in total. The summed E-state index contributed by atoms with van der Waals surface area (Å²) in [6, 6.07) is 11.3. The molecule has 3 heteroatoms. The number of benzene rings is 2. The molecule has 0 bridgehead atoms. The van der Waals surface area contributed by atoms with Crippen LogP contribution in [0.2, 0.25) is 0 Å². The minimum absolute atomic E-state index is 0.0322. The average molecular weight is 246 g/mol. The molecule has 2 rings (SSSR count). The van der Waals surface area contributed by atoms with Crippen LogP contribution < -0.4 is 4.74 Å². The first kappa shape index (κ1) is 14.0. The lowest BCUT2D eigenvalue weighted by atomic mass is 10.0. The monoisotopic (exact) mass is 246 g/mol. The summed E-state index contributed by atoms with van der Waals surface area (Å²) in [5, 5.41) is 10.8. The van der Waals surface area contributed by atoms with Crippen molar-refractivity contribution in [1.82, 2.24) is 0 Å². The van der Waals surface area contributed by atoms with Crippen LogP contribution in [0.1, 0.15) is 19.4 Å². The number of carboxylic acid groups (broad SMARTS) is 1. The third-order valence-electron chi connectivity index (χ3n) is 2.52. The average Bonchev–Trinajstić information content (AvgIpc) is 2.40. The van der Waals surface area contributed by atoms with Gasteiger partial charge in [0.2, 0.25) is 0 Å². The summed E-state index contributed by atoms with van der Waals surface area (Å²) >= 11 is 0. The summed E-state index contributed by atoms with van der Waals surface area (Å²) in [7, 11) is 1.60. The largest absolute Gasteiger partial charge is 0.497 e. The van der Waals surface area contributed by atoms with Gasteiger partial charge in [0.15, 0.2) is 0 Å². The molecule has 0 unspecified atom stereocenters. The molecule has 0 aliphatic rings. The van der Waals surface area contributed by atoms with Crippen molar-refractivity contribution in [3.8, 4) is 5.75 Å². The second kappa shape index (κ2) is 6.64. The Morgan fingerprint density at radius 2 is 1.94 bits per heavy atom. The number of rotatable bonds is 3. The quantitative estimate of drug-likeness (QED) is 0.901. The highest BCUT2D eigenvalue weighted by Gasteiger charge is 2.06. The minimum Gasteiger partial charge on any atom is -0.497 e. The fourth-order valence-electron chi connectivity index (χ4n) is 1.76. The molecule has 2 aromatic rings. The van der Waals surface area contributed by atoms with Gasteiger partial charge in [-0.1, -0.05) is 38.1 Å². The molecule has 0 aromatic heterocycles. The molecule has 96 valence electrons. The molecule has 18 heavy (non-hydrogen) atoms. The fourth-order valence-corrected chi connectivity index (χ4v) is 1.76. The van der Waals surface area contributed by atoms with Gasteiger partial charge in [-0.2, -0.15) is 0 Å². The number of carboxylic acids is 1. The van der Waals surface area contributed by atoms with E-state index in [-0.39, 0.29) is 6.42 Å². The summed E-state index contributed by atoms with van der Waals surface area (Å²) in [4.78, 5) is 10.7. The van der Waals surface area contributed by atoms with Crippen LogP contribution in [-0.4, -0.2) is 18.2 Å². The summed E-state index contributed by atoms with van der Waals surface area (Å²) in [6.45, 7) is 4.00. The molecule has 0 aliphatic heterocycles. The van der Waals surface area contributed by atoms with Crippen molar-refractivity contribution in [1.29, 1.82) is 0 Å². The summed E-state index contributed by atoms with van der Waals surface area (Å²) < 4.78 is 5.13. The van der Waals surface area contributed by atoms with E-state index in [1.165, 1.54) is 0 Å². The first-order chi connectivity index (χ1) is 8.70. The van der Waals surface area contributed by atoms with E-state index in [4.69, 9.17) is 9.84 Å². The van der Waals surface area contributed by atoms with E-state index in [0.717, 1.165) is 22.1 Å². The topological polar surface area (TPSA) is 46.5 Å². The number of methoxy groups -OCH3 is 1. The number of fused-ring (bicyclic) bond motifs is 1. The van der Waals surface area contributed by atoms with Crippen LogP contribution in [0.25, 0.3) is 10.8 Å². The lowest BCUT2D eigenvalue weighted by Crippen LogP contribution is -2.00. The molecule has 0 saturated carbocycles. The van der Waals surface area contributed by atoms with Gasteiger partial charge in [0.1, 0.15) is 5.75 Å². The fraction of sp³-hybridized carbons (Fsp3) is 0.267. The highest BCUT2D eigenvalue weighted by molar-refractivity contribution is 5.89. The zero-order valence-electron chi connectivity index (χ0n) is 10.9. The predicted molar refractivity (Wildman–Crippen MR) is 73.2 cm³/mol. The summed E-state index contributed by atoms with van der Waals surface area (Å²) in [5.41, 5.74) is 0.809. The van der Waals surface area contributed by atoms with Crippen molar-refractivity contribution in [2.75, 3.05) is 7.11 Å². The normalized spacial score (nSPS) is 9.50. The van der Waals surface area contributed by atoms with E-state index in [1.54, 1.807) is 7.11 Å². The zero-order chi connectivity index (χ0) is 13.5. The first-order valence-electron chi connectivity index (χ1n) is 5.98. The van der Waals surface area contributed by atoms with E-state index in [2.05, 4.69) is 0 Å². The van der Waals surface area contributed by atoms with Crippen molar-refractivity contribution >= 4 is 16.7 Å². The lowest BCUT2D eigenvalue weighted by molar-refractivity contribution is -0.136. The molecule has 0 spiro atoms. The van der Waals surface area contributed by atoms with Crippen LogP contribution in [0.15, 0.2) is 36.4 Å². The van der Waals surface area contributed by atoms with E-state index in [9.17, 15) is 4.79 Å². The number of hydrogen-bond acceptors (Lipinski definition) is 2. The van der Waals surface area contributed by atoms with Gasteiger partial charge in [-0.15, -0.1) is 0 Å². The summed E-state index contributed by atoms with van der Waals surface area (Å²) in [5.74, 6) is -0.0827. The minimum atomic E-state index is -0.824. The smallest absolute Gasteiger partial charge is 0.307 e. The molecule has 0 amide bonds. The molecule has 0 saturated heterocycles. The number of ether oxygens (including phenoxy) is 1. The highest BCUT2D eigenvalue weighted by Crippen LogP contribution is 2.24. The molecule has 0 heterocycles. The molecule has 0 atom stereocenters. The van der Waals surface area contributed by atoms with Crippen LogP contribution in [0, 0.1) is 0 Å². The van der Waals surface area contributed by atoms with E-state index < -0.39 is 5.97 Å². The van der Waals surface area contributed by atoms with Gasteiger partial charge in [-0.3, -0.25) is 4.79 Å². The first-order valence-corrected chi connectivity index (χ1v) is 5.98. The standard InChI is InChI=1S/C13H12O3.C2H6/c1-16-11-6-5-9-3-2-4-10(7-13(14)15)12(9)8-11;1-2/h2-6,8H,7H2,1H3,(H,14,15);1-2H3. The maximum atomic E-state index is 10.7. The summed E-state index contributed by atoms with van der Waals surface area (Å²) in [6.07, 6.45) is 0.0322. The maximum Gasteiger partial charge on any atom is 0.307 e. The van der Waals surface area contributed by atoms with Crippen molar-refractivity contribution in [2.45, 2.75) is 20.3 Å². The second-order valence-corrected chi connectivity index (χ2v) is 3.57. The van der Waals surface area contributed by atoms with E-state index in [0.29, 0.717) is 0 Å². The van der Waals surface area contributed by atoms with Gasteiger partial charge in [0, 0.05) is 0 Å². The predicted octanol–water partition coefficient (Wildman–Crippen LogP) is 3.50. The van der Waals surface area contributed by atoms with Gasteiger partial charge in [0.25, 0.3) is 0 Å². The van der Waals surface area contributed by atoms with Gasteiger partial charge >= 0.3 is 5.97 Å². The lowest BCUT2D eigenvalue weighted by Gasteiger charge is -2.06. The van der Waals surface area contributed by atoms with Crippen molar-refractivity contribution < 1.29 is 14.6 Å². The van der Waals surface area contributed by atoms with Crippen LogP contribution >= 0.6 is 0 Å². The van der Waals surface area contributed by atoms with Gasteiger partial charge < -0.3 is 9.84 Å². The number of aliphatic carboxylic acids is 1. The number of hydrogen-bond donors (Lipinski definition) is 1. The van der Waals surface area contributed by atoms with Crippen LogP contribution in [0.3, 0.4) is 0 Å². The van der Waals surface area contributed by atoms with Crippen molar-refractivity contribution in [2.24, 2.45) is 0 Å². The molecular formula is C15H18O3. The Morgan fingerprint density at radius 3 is 2.56 bits per heavy atom. The Labute approximate surface area is 107 Å². The SMILES string of the molecule is CC.COc1ccc2cccc(CC(=O)O)c2c1. The molecule has 1 N–H and O–H groups in total. The highest BCUT2D eigenvalue weighted by atomic mass is 16.5. The Balaban J connectivity index is 0.000000771. The maximum absolute atomic E-state index is 10.7. The van der Waals surface area contributed by atoms with Crippen molar-refractivity contribution in [3.63, 3.8) is 0 Å². The molecule has 0 aliphatic carbocycles. The van der Waals surface area contributed by atoms with Gasteiger partial charge in [-0.25, -0.2) is 0 Å². The van der Waals surface area contributed by atoms with Gasteiger partial charge in [-0.05, 0) is 28.5 Å².